The third kappa shape index (κ3) is 5.06. The molecule has 0 spiro atoms. The van der Waals surface area contributed by atoms with E-state index in [0.29, 0.717) is 48.2 Å². The van der Waals surface area contributed by atoms with Crippen molar-refractivity contribution < 1.29 is 19.1 Å². The number of benzene rings is 1. The largest absolute Gasteiger partial charge is 0.489 e. The lowest BCUT2D eigenvalue weighted by Gasteiger charge is -2.38. The lowest BCUT2D eigenvalue weighted by atomic mass is 9.80. The van der Waals surface area contributed by atoms with Crippen LogP contribution in [0.1, 0.15) is 55.3 Å². The summed E-state index contributed by atoms with van der Waals surface area (Å²) >= 11 is 0. The van der Waals surface area contributed by atoms with Gasteiger partial charge in [-0.05, 0) is 61.9 Å². The van der Waals surface area contributed by atoms with E-state index in [0.717, 1.165) is 0 Å². The molecule has 0 bridgehead atoms. The third-order valence-corrected chi connectivity index (χ3v) is 7.10. The van der Waals surface area contributed by atoms with E-state index in [1.54, 1.807) is 42.6 Å². The number of pyridine rings is 1. The molecule has 8 nitrogen and oxygen atoms in total. The lowest BCUT2D eigenvalue weighted by Crippen LogP contribution is -2.59. The van der Waals surface area contributed by atoms with Crippen LogP contribution in [-0.4, -0.2) is 29.3 Å². The van der Waals surface area contributed by atoms with Crippen LogP contribution in [-0.2, 0) is 9.59 Å². The van der Waals surface area contributed by atoms with Crippen molar-refractivity contribution in [1.29, 1.82) is 0 Å². The summed E-state index contributed by atoms with van der Waals surface area (Å²) in [5.41, 5.74) is 3.49. The molecule has 2 aliphatic carbocycles. The van der Waals surface area contributed by atoms with E-state index in [1.807, 2.05) is 12.2 Å². The first-order valence-corrected chi connectivity index (χ1v) is 12.4. The first-order valence-electron chi connectivity index (χ1n) is 12.4. The predicted octanol–water partition coefficient (Wildman–Crippen LogP) is 4.25. The normalized spacial score (nSPS) is 22.3. The van der Waals surface area contributed by atoms with Gasteiger partial charge in [0.2, 0.25) is 11.8 Å². The summed E-state index contributed by atoms with van der Waals surface area (Å²) < 4.78 is 6.03. The summed E-state index contributed by atoms with van der Waals surface area (Å²) in [6.45, 7) is 0.609. The fourth-order valence-corrected chi connectivity index (χ4v) is 5.11. The number of anilines is 2. The van der Waals surface area contributed by atoms with Gasteiger partial charge in [-0.1, -0.05) is 37.5 Å². The van der Waals surface area contributed by atoms with Crippen LogP contribution >= 0.6 is 0 Å². The minimum absolute atomic E-state index is 0.167. The summed E-state index contributed by atoms with van der Waals surface area (Å²) in [4.78, 5) is 43.0. The number of rotatable bonds is 6. The number of allylic oxidation sites excluding steroid dienone is 2. The Hall–Kier alpha value is -3.68. The Labute approximate surface area is 204 Å². The van der Waals surface area contributed by atoms with E-state index in [4.69, 9.17) is 4.74 Å². The summed E-state index contributed by atoms with van der Waals surface area (Å²) in [5.74, 6) is -0.0184. The number of aromatic nitrogens is 1. The Balaban J connectivity index is 1.29. The van der Waals surface area contributed by atoms with Gasteiger partial charge in [0.15, 0.2) is 11.6 Å². The molecule has 2 N–H and O–H groups in total. The Morgan fingerprint density at radius 3 is 2.69 bits per heavy atom. The van der Waals surface area contributed by atoms with Crippen LogP contribution in [0.2, 0.25) is 0 Å². The van der Waals surface area contributed by atoms with Gasteiger partial charge in [-0.2, -0.15) is 0 Å². The van der Waals surface area contributed by atoms with Gasteiger partial charge < -0.3 is 10.1 Å². The van der Waals surface area contributed by atoms with E-state index >= 15 is 0 Å². The van der Waals surface area contributed by atoms with Crippen molar-refractivity contribution in [3.05, 3.63) is 60.3 Å². The minimum atomic E-state index is -0.386. The van der Waals surface area contributed by atoms with Gasteiger partial charge in [0.25, 0.3) is 5.91 Å². The Kier molecular flexibility index (Phi) is 6.79. The molecule has 1 aromatic heterocycles. The van der Waals surface area contributed by atoms with Crippen molar-refractivity contribution >= 4 is 29.2 Å². The molecule has 2 aromatic rings. The molecule has 1 saturated carbocycles. The molecule has 1 aliphatic heterocycles. The number of fused-ring (bicyclic) bond motifs is 1. The van der Waals surface area contributed by atoms with Gasteiger partial charge in [0, 0.05) is 11.8 Å². The molecule has 2 fully saturated rings. The number of carbonyl (C=O) groups excluding carboxylic acids is 3. The zero-order chi connectivity index (χ0) is 24.2. The minimum Gasteiger partial charge on any atom is -0.489 e. The quantitative estimate of drug-likeness (QED) is 0.610. The average Bonchev–Trinajstić information content (AvgIpc) is 2.91. The maximum absolute atomic E-state index is 13.1. The molecule has 182 valence electrons. The second-order valence-electron chi connectivity index (χ2n) is 9.48. The molecule has 2 heterocycles. The summed E-state index contributed by atoms with van der Waals surface area (Å²) in [7, 11) is 0. The van der Waals surface area contributed by atoms with Gasteiger partial charge in [-0.25, -0.2) is 9.99 Å². The Morgan fingerprint density at radius 1 is 1.06 bits per heavy atom. The van der Waals surface area contributed by atoms with Crippen LogP contribution in [0.5, 0.6) is 5.75 Å². The maximum Gasteiger partial charge on any atom is 0.256 e. The predicted molar refractivity (Wildman–Crippen MR) is 132 cm³/mol. The molecular formula is C27H30N4O4. The smallest absolute Gasteiger partial charge is 0.256 e. The highest BCUT2D eigenvalue weighted by Gasteiger charge is 2.42. The van der Waals surface area contributed by atoms with E-state index in [2.05, 4.69) is 15.7 Å². The van der Waals surface area contributed by atoms with Gasteiger partial charge in [-0.15, -0.1) is 0 Å². The lowest BCUT2D eigenvalue weighted by molar-refractivity contribution is -0.139. The first kappa shape index (κ1) is 23.1. The third-order valence-electron chi connectivity index (χ3n) is 7.10. The molecule has 1 saturated heterocycles. The number of hydrogen-bond donors (Lipinski definition) is 2. The van der Waals surface area contributed by atoms with Crippen LogP contribution in [0.3, 0.4) is 0 Å². The summed E-state index contributed by atoms with van der Waals surface area (Å²) in [6, 6.07) is 10.2. The van der Waals surface area contributed by atoms with Crippen molar-refractivity contribution in [2.24, 2.45) is 17.8 Å². The van der Waals surface area contributed by atoms with Gasteiger partial charge >= 0.3 is 0 Å². The standard InChI is InChI=1S/C27H30N4O4/c32-25(29-24-23(14-7-15-28-24)35-17-18-8-2-1-3-9-18)19-10-6-11-20(16-19)31-27(34)22-13-5-4-12-21(22)26(33)30-31/h4-7,10-11,14-16,18,21-22H,1-3,8-9,12-13,17H2,(H,30,33)(H,28,29,32). The Morgan fingerprint density at radius 2 is 1.86 bits per heavy atom. The highest BCUT2D eigenvalue weighted by Crippen LogP contribution is 2.33. The molecule has 0 radical (unpaired) electrons. The fraction of sp³-hybridized carbons (Fsp3) is 0.407. The van der Waals surface area contributed by atoms with Crippen molar-refractivity contribution in [2.75, 3.05) is 16.9 Å². The second-order valence-corrected chi connectivity index (χ2v) is 9.48. The molecular weight excluding hydrogens is 444 g/mol. The zero-order valence-electron chi connectivity index (χ0n) is 19.6. The number of hydrazine groups is 1. The van der Waals surface area contributed by atoms with E-state index in [-0.39, 0.29) is 29.6 Å². The van der Waals surface area contributed by atoms with E-state index in [9.17, 15) is 14.4 Å². The molecule has 2 unspecified atom stereocenters. The van der Waals surface area contributed by atoms with Crippen molar-refractivity contribution in [3.63, 3.8) is 0 Å². The molecule has 3 amide bonds. The van der Waals surface area contributed by atoms with E-state index in [1.165, 1.54) is 37.1 Å². The van der Waals surface area contributed by atoms with Crippen LogP contribution in [0.15, 0.2) is 54.7 Å². The Bertz CT molecular complexity index is 1140. The summed E-state index contributed by atoms with van der Waals surface area (Å²) in [5, 5.41) is 4.10. The zero-order valence-corrected chi connectivity index (χ0v) is 19.6. The fourth-order valence-electron chi connectivity index (χ4n) is 5.11. The van der Waals surface area contributed by atoms with E-state index < -0.39 is 0 Å². The van der Waals surface area contributed by atoms with Crippen molar-refractivity contribution in [2.45, 2.75) is 44.9 Å². The monoisotopic (exact) mass is 474 g/mol. The molecule has 35 heavy (non-hydrogen) atoms. The molecule has 2 atom stereocenters. The number of amides is 3. The van der Waals surface area contributed by atoms with Crippen molar-refractivity contribution in [3.8, 4) is 5.75 Å². The number of nitrogens with zero attached hydrogens (tertiary/aromatic N) is 2. The van der Waals surface area contributed by atoms with Gasteiger partial charge in [-0.3, -0.25) is 19.8 Å². The van der Waals surface area contributed by atoms with Crippen molar-refractivity contribution in [1.82, 2.24) is 10.4 Å². The van der Waals surface area contributed by atoms with Crippen LogP contribution in [0, 0.1) is 17.8 Å². The van der Waals surface area contributed by atoms with Gasteiger partial charge in [0.05, 0.1) is 24.1 Å². The second kappa shape index (κ2) is 10.3. The van der Waals surface area contributed by atoms with Crippen LogP contribution in [0.25, 0.3) is 0 Å². The highest BCUT2D eigenvalue weighted by molar-refractivity contribution is 6.07. The topological polar surface area (TPSA) is 101 Å². The maximum atomic E-state index is 13.1. The molecule has 8 heteroatoms. The number of hydrogen-bond acceptors (Lipinski definition) is 5. The highest BCUT2D eigenvalue weighted by atomic mass is 16.5. The SMILES string of the molecule is O=C(Nc1ncccc1OCC1CCCCC1)c1cccc(N2NC(=O)C3CC=CCC3C2=O)c1. The molecule has 3 aliphatic rings. The molecule has 1 aromatic carbocycles. The number of nitrogens with one attached hydrogen (secondary N) is 2. The van der Waals surface area contributed by atoms with Crippen LogP contribution < -0.4 is 20.5 Å². The number of ether oxygens (including phenoxy) is 1. The van der Waals surface area contributed by atoms with Gasteiger partial charge in [0.1, 0.15) is 0 Å². The van der Waals surface area contributed by atoms with Crippen LogP contribution in [0.4, 0.5) is 11.5 Å². The molecule has 5 rings (SSSR count). The summed E-state index contributed by atoms with van der Waals surface area (Å²) in [6.07, 6.45) is 12.7. The number of carbonyl (C=O) groups is 3. The first-order chi connectivity index (χ1) is 17.1. The average molecular weight is 475 g/mol.